The van der Waals surface area contributed by atoms with Crippen molar-refractivity contribution in [3.05, 3.63) is 119 Å². The number of nitrogens with zero attached hydrogens (tertiary/aromatic N) is 1. The molecule has 0 saturated carbocycles. The Bertz CT molecular complexity index is 2330. The average molecular weight is 883 g/mol. The summed E-state index contributed by atoms with van der Waals surface area (Å²) in [4.78, 5) is 30.5. The van der Waals surface area contributed by atoms with Gasteiger partial charge in [0.15, 0.2) is 23.6 Å². The first-order valence-electron chi connectivity index (χ1n) is 20.6. The van der Waals surface area contributed by atoms with Crippen LogP contribution in [0.1, 0.15) is 48.4 Å². The molecule has 13 nitrogen and oxygen atoms in total. The van der Waals surface area contributed by atoms with Crippen molar-refractivity contribution in [3.8, 4) is 17.2 Å². The number of aliphatic carboxylic acids is 1. The Morgan fingerprint density at radius 3 is 2.66 bits per heavy atom. The maximum atomic E-state index is 13.4. The number of carboxylic acid groups (broad SMARTS) is 1. The molecule has 6 N–H and O–H groups in total. The van der Waals surface area contributed by atoms with Crippen molar-refractivity contribution in [3.63, 3.8) is 0 Å². The van der Waals surface area contributed by atoms with Crippen molar-refractivity contribution in [2.45, 2.75) is 55.9 Å². The van der Waals surface area contributed by atoms with Gasteiger partial charge in [-0.1, -0.05) is 96.1 Å². The third kappa shape index (κ3) is 8.34. The lowest BCUT2D eigenvalue weighted by atomic mass is 9.73. The van der Waals surface area contributed by atoms with E-state index in [1.54, 1.807) is 12.1 Å². The van der Waals surface area contributed by atoms with Crippen LogP contribution in [0.2, 0.25) is 0 Å². The van der Waals surface area contributed by atoms with Crippen LogP contribution in [0.15, 0.2) is 102 Å². The maximum absolute atomic E-state index is 13.4. The fraction of sp³-hybridized carbons (Fsp3) is 0.383. The summed E-state index contributed by atoms with van der Waals surface area (Å²) < 4.78 is 24.3. The van der Waals surface area contributed by atoms with E-state index >= 15 is 0 Å². The number of carbonyl (C=O) groups is 2. The van der Waals surface area contributed by atoms with Crippen molar-refractivity contribution in [2.75, 3.05) is 37.9 Å². The first-order valence-corrected chi connectivity index (χ1v) is 23.1. The zero-order valence-electron chi connectivity index (χ0n) is 34.3. The number of β-amino-alcohol motifs (C(OH)–C–C–N with tert-alkyl or cyclic N) is 1. The minimum Gasteiger partial charge on any atom is -0.508 e. The summed E-state index contributed by atoms with van der Waals surface area (Å²) in [6.45, 7) is 4.91. The molecule has 9 atom stereocenters. The van der Waals surface area contributed by atoms with E-state index in [1.807, 2.05) is 6.21 Å². The second-order valence-electron chi connectivity index (χ2n) is 16.3. The molecule has 3 aromatic carbocycles. The number of benzene rings is 3. The van der Waals surface area contributed by atoms with Gasteiger partial charge in [0.05, 0.1) is 12.1 Å². The number of nitrogens with one attached hydrogen (secondary N) is 1. The van der Waals surface area contributed by atoms with Gasteiger partial charge in [-0.3, -0.25) is 9.79 Å². The number of ether oxygens (including phenoxy) is 4. The minimum absolute atomic E-state index is 0.0161. The number of hydrogen-bond acceptors (Lipinski definition) is 14. The van der Waals surface area contributed by atoms with Crippen molar-refractivity contribution < 1.29 is 54.1 Å². The minimum atomic E-state index is -2.52. The fourth-order valence-electron chi connectivity index (χ4n) is 9.01. The van der Waals surface area contributed by atoms with E-state index < -0.39 is 42.2 Å². The molecule has 3 aromatic rings. The highest BCUT2D eigenvalue weighted by Crippen LogP contribution is 2.45. The highest BCUT2D eigenvalue weighted by atomic mass is 33.1. The number of hydrogen-bond donors (Lipinski definition) is 6. The van der Waals surface area contributed by atoms with E-state index in [2.05, 4.69) is 72.7 Å². The van der Waals surface area contributed by atoms with E-state index in [0.717, 1.165) is 17.6 Å². The monoisotopic (exact) mass is 882 g/mol. The molecular weight excluding hydrogens is 833 g/mol. The lowest BCUT2D eigenvalue weighted by Crippen LogP contribution is -2.80. The Balaban J connectivity index is 1.10. The summed E-state index contributed by atoms with van der Waals surface area (Å²) in [5, 5.41) is 59.1. The SMILES string of the molecule is CC1C=CC(=CCC(C)C2CNCC3(O)C(Oc4ccc5c(c4)OCC(c4ccc(O)cc4)=C5O)OC(C(=O)O)C(O)C3(C=O)OCSSCC2C2=CCN=C2)c2ccccc21. The molecule has 9 unspecified atom stereocenters. The summed E-state index contributed by atoms with van der Waals surface area (Å²) in [6.07, 6.45) is 5.72. The number of aliphatic hydroxyl groups is 3. The number of aldehydes is 1. The van der Waals surface area contributed by atoms with Crippen LogP contribution in [0, 0.1) is 17.8 Å². The predicted octanol–water partition coefficient (Wildman–Crippen LogP) is 6.41. The molecule has 2 fully saturated rings. The maximum Gasteiger partial charge on any atom is 0.335 e. The molecule has 4 heterocycles. The molecule has 15 heteroatoms. The number of aromatic hydroxyl groups is 1. The van der Waals surface area contributed by atoms with Gasteiger partial charge in [-0.05, 0) is 88.7 Å². The van der Waals surface area contributed by atoms with Gasteiger partial charge >= 0.3 is 5.97 Å². The first kappa shape index (κ1) is 43.8. The van der Waals surface area contributed by atoms with Crippen molar-refractivity contribution in [2.24, 2.45) is 22.7 Å². The second-order valence-corrected chi connectivity index (χ2v) is 18.8. The van der Waals surface area contributed by atoms with Gasteiger partial charge in [-0.2, -0.15) is 0 Å². The van der Waals surface area contributed by atoms with Crippen LogP contribution in [-0.4, -0.2) is 112 Å². The predicted molar refractivity (Wildman–Crippen MR) is 239 cm³/mol. The molecule has 0 radical (unpaired) electrons. The van der Waals surface area contributed by atoms with E-state index in [-0.39, 0.29) is 59.6 Å². The summed E-state index contributed by atoms with van der Waals surface area (Å²) in [6, 6.07) is 19.3. The molecule has 0 aromatic heterocycles. The fourth-order valence-corrected chi connectivity index (χ4v) is 11.1. The molecule has 8 rings (SSSR count). The zero-order valence-corrected chi connectivity index (χ0v) is 35.9. The summed E-state index contributed by atoms with van der Waals surface area (Å²) in [5.74, 6) is -0.347. The van der Waals surface area contributed by atoms with Gasteiger partial charge in [0.25, 0.3) is 0 Å². The number of carboxylic acids is 1. The smallest absolute Gasteiger partial charge is 0.335 e. The number of phenolic OH excluding ortho intramolecular Hbond substituents is 1. The van der Waals surface area contributed by atoms with E-state index in [9.17, 15) is 35.1 Å². The van der Waals surface area contributed by atoms with Crippen molar-refractivity contribution in [1.82, 2.24) is 5.32 Å². The van der Waals surface area contributed by atoms with Crippen LogP contribution in [0.3, 0.4) is 0 Å². The van der Waals surface area contributed by atoms with Gasteiger partial charge < -0.3 is 49.8 Å². The molecule has 326 valence electrons. The van der Waals surface area contributed by atoms with Crippen LogP contribution in [0.25, 0.3) is 16.9 Å². The molecule has 2 saturated heterocycles. The molecular formula is C47H50N2O11S2. The molecule has 1 aliphatic carbocycles. The molecule has 0 bridgehead atoms. The van der Waals surface area contributed by atoms with E-state index in [1.165, 1.54) is 63.0 Å². The molecule has 0 spiro atoms. The number of phenols is 1. The Morgan fingerprint density at radius 1 is 1.10 bits per heavy atom. The van der Waals surface area contributed by atoms with E-state index in [4.69, 9.17) is 18.9 Å². The molecule has 0 amide bonds. The van der Waals surface area contributed by atoms with Crippen LogP contribution in [-0.2, 0) is 19.1 Å². The van der Waals surface area contributed by atoms with Gasteiger partial charge in [0, 0.05) is 30.2 Å². The Morgan fingerprint density at radius 2 is 1.90 bits per heavy atom. The van der Waals surface area contributed by atoms with Crippen LogP contribution in [0.5, 0.6) is 17.2 Å². The van der Waals surface area contributed by atoms with Crippen LogP contribution < -0.4 is 14.8 Å². The molecule has 5 aliphatic rings. The third-order valence-corrected chi connectivity index (χ3v) is 14.7. The number of aliphatic hydroxyl groups excluding tert-OH is 2. The standard InChI is InChI=1S/C47H50N2O11S2/c1-27-7-9-29(35-6-4-3-5-34(27)35)10-8-28(2)37-21-49-24-46(56)45(59-33-15-16-36-40(19-33)57-22-38(41(36)52)30-11-13-32(51)14-12-30)60-42(44(54)55)43(53)47(46,25-50)58-26-62-61-23-39(37)31-17-18-48-20-31/h3-7,9-17,19-20,25,27-28,37,39,42-43,45,49,51-53,56H,8,18,21-24,26H2,1-2H3,(H,54,55). The van der Waals surface area contributed by atoms with Crippen LogP contribution in [0.4, 0.5) is 0 Å². The highest BCUT2D eigenvalue weighted by Gasteiger charge is 2.69. The molecule has 62 heavy (non-hydrogen) atoms. The lowest BCUT2D eigenvalue weighted by molar-refractivity contribution is -0.340. The number of allylic oxidation sites excluding steroid dienone is 5. The van der Waals surface area contributed by atoms with E-state index in [0.29, 0.717) is 41.5 Å². The number of carbonyl (C=O) groups excluding carboxylic acids is 1. The number of aliphatic imine (C=N–C) groups is 1. The Kier molecular flexibility index (Phi) is 13.0. The highest BCUT2D eigenvalue weighted by molar-refractivity contribution is 8.76. The third-order valence-electron chi connectivity index (χ3n) is 12.6. The number of rotatable bonds is 9. The van der Waals surface area contributed by atoms with Gasteiger partial charge in [-0.25, -0.2) is 4.79 Å². The summed E-state index contributed by atoms with van der Waals surface area (Å²) in [7, 11) is 2.81. The zero-order chi connectivity index (χ0) is 43.6. The summed E-state index contributed by atoms with van der Waals surface area (Å²) in [5.41, 5.74) is 1.24. The average Bonchev–Trinajstić information content (AvgIpc) is 3.81. The van der Waals surface area contributed by atoms with Crippen LogP contribution >= 0.6 is 21.6 Å². The second kappa shape index (κ2) is 18.5. The first-order chi connectivity index (χ1) is 29.9. The van der Waals surface area contributed by atoms with Gasteiger partial charge in [-0.15, -0.1) is 0 Å². The number of fused-ring (bicyclic) bond motifs is 3. The Labute approximate surface area is 367 Å². The Hall–Kier alpha value is -4.87. The van der Waals surface area contributed by atoms with Gasteiger partial charge in [0.1, 0.15) is 41.7 Å². The normalized spacial score (nSPS) is 31.0. The van der Waals surface area contributed by atoms with Crippen molar-refractivity contribution in [1.29, 1.82) is 0 Å². The van der Waals surface area contributed by atoms with Gasteiger partial charge in [0.2, 0.25) is 6.29 Å². The molecule has 4 aliphatic heterocycles. The largest absolute Gasteiger partial charge is 0.508 e. The summed E-state index contributed by atoms with van der Waals surface area (Å²) >= 11 is 0. The lowest BCUT2D eigenvalue weighted by Gasteiger charge is -2.53. The van der Waals surface area contributed by atoms with Crippen molar-refractivity contribution >= 4 is 57.0 Å². The topological polar surface area (TPSA) is 197 Å². The quantitative estimate of drug-likeness (QED) is 0.102.